The number of aliphatic imine (C=N–C) groups is 1. The molecule has 3 heterocycles. The molecule has 32 heavy (non-hydrogen) atoms. The number of aromatic nitrogens is 4. The van der Waals surface area contributed by atoms with E-state index in [2.05, 4.69) is 41.2 Å². The van der Waals surface area contributed by atoms with Gasteiger partial charge >= 0.3 is 0 Å². The number of carbonyl (C=O) groups excluding carboxylic acids is 1. The number of rotatable bonds is 7. The summed E-state index contributed by atoms with van der Waals surface area (Å²) >= 11 is 3.24. The number of hydrogen-bond donors (Lipinski definition) is 2. The number of halogens is 3. The number of carbonyl (C=O) groups is 1. The summed E-state index contributed by atoms with van der Waals surface area (Å²) < 4.78 is 29.1. The standard InChI is InChI=1S/C21H20BrF2N7O/c1-12(2)31-11-27-10-17(31)16-4-3-5-18(29-16)30-21(32)15(19(25)20(23)24)9-28-14-6-13(22)7-26-8-14/h3-12,20H,25H2,1-2H3,(H,29,30,32). The molecule has 0 saturated carbocycles. The lowest BCUT2D eigenvalue weighted by atomic mass is 10.2. The number of nitrogens with two attached hydrogens (primary N) is 1. The zero-order chi connectivity index (χ0) is 23.3. The number of hydrogen-bond acceptors (Lipinski definition) is 6. The Kier molecular flexibility index (Phi) is 7.41. The molecule has 8 nitrogen and oxygen atoms in total. The quantitative estimate of drug-likeness (QED) is 0.364. The van der Waals surface area contributed by atoms with Crippen molar-refractivity contribution in [2.75, 3.05) is 5.32 Å². The molecular weight excluding hydrogens is 484 g/mol. The van der Waals surface area contributed by atoms with Crippen LogP contribution in [0.3, 0.4) is 0 Å². The number of alkyl halides is 2. The SMILES string of the molecule is CC(C)n1cncc1-c1cccc(NC(=O)C(C=Nc2cncc(Br)c2)=C(N)C(F)F)n1. The Bertz CT molecular complexity index is 1170. The molecule has 0 radical (unpaired) electrons. The lowest BCUT2D eigenvalue weighted by Crippen LogP contribution is -2.23. The third-order valence-corrected chi connectivity index (χ3v) is 4.73. The highest BCUT2D eigenvalue weighted by Crippen LogP contribution is 2.22. The maximum absolute atomic E-state index is 13.3. The van der Waals surface area contributed by atoms with Crippen LogP contribution in [-0.4, -0.2) is 38.1 Å². The molecule has 0 aliphatic rings. The minimum atomic E-state index is -3.04. The van der Waals surface area contributed by atoms with Gasteiger partial charge in [-0.15, -0.1) is 0 Å². The van der Waals surface area contributed by atoms with Crippen LogP contribution in [0.25, 0.3) is 11.4 Å². The van der Waals surface area contributed by atoms with Crippen molar-refractivity contribution in [1.82, 2.24) is 19.5 Å². The molecule has 0 fully saturated rings. The minimum absolute atomic E-state index is 0.150. The van der Waals surface area contributed by atoms with E-state index >= 15 is 0 Å². The monoisotopic (exact) mass is 503 g/mol. The molecule has 11 heteroatoms. The predicted molar refractivity (Wildman–Crippen MR) is 122 cm³/mol. The molecule has 0 saturated heterocycles. The second kappa shape index (κ2) is 10.2. The Hall–Kier alpha value is -3.47. The van der Waals surface area contributed by atoms with Gasteiger partial charge in [-0.3, -0.25) is 14.8 Å². The molecule has 0 unspecified atom stereocenters. The van der Waals surface area contributed by atoms with Crippen molar-refractivity contribution in [3.8, 4) is 11.4 Å². The molecular formula is C21H20BrF2N7O. The molecule has 0 aromatic carbocycles. The van der Waals surface area contributed by atoms with Gasteiger partial charge in [0.15, 0.2) is 0 Å². The van der Waals surface area contributed by atoms with Gasteiger partial charge in [0, 0.05) is 22.9 Å². The fraction of sp³-hybridized carbons (Fsp3) is 0.190. The summed E-state index contributed by atoms with van der Waals surface area (Å²) in [6.07, 6.45) is 4.25. The molecule has 0 spiro atoms. The normalized spacial score (nSPS) is 12.5. The maximum Gasteiger partial charge on any atom is 0.278 e. The average Bonchev–Trinajstić information content (AvgIpc) is 3.24. The van der Waals surface area contributed by atoms with Crippen LogP contribution in [0.4, 0.5) is 20.3 Å². The van der Waals surface area contributed by atoms with Crippen LogP contribution in [0.2, 0.25) is 0 Å². The summed E-state index contributed by atoms with van der Waals surface area (Å²) in [5.74, 6) is -0.697. The summed E-state index contributed by atoms with van der Waals surface area (Å²) in [4.78, 5) is 29.3. The Balaban J connectivity index is 1.88. The fourth-order valence-corrected chi connectivity index (χ4v) is 3.09. The largest absolute Gasteiger partial charge is 0.397 e. The van der Waals surface area contributed by atoms with E-state index in [1.54, 1.807) is 43.0 Å². The second-order valence-electron chi connectivity index (χ2n) is 6.93. The molecule has 1 amide bonds. The number of pyridine rings is 2. The van der Waals surface area contributed by atoms with Gasteiger partial charge < -0.3 is 15.6 Å². The van der Waals surface area contributed by atoms with Crippen LogP contribution in [0.1, 0.15) is 19.9 Å². The third kappa shape index (κ3) is 5.61. The number of nitrogens with zero attached hydrogens (tertiary/aromatic N) is 5. The zero-order valence-corrected chi connectivity index (χ0v) is 18.8. The number of allylic oxidation sites excluding steroid dienone is 1. The Labute approximate surface area is 191 Å². The van der Waals surface area contributed by atoms with Crippen molar-refractivity contribution in [1.29, 1.82) is 0 Å². The molecule has 3 N–H and O–H groups in total. The number of amides is 1. The Morgan fingerprint density at radius 3 is 2.72 bits per heavy atom. The van der Waals surface area contributed by atoms with E-state index in [0.717, 1.165) is 11.9 Å². The first-order valence-corrected chi connectivity index (χ1v) is 10.3. The molecule has 0 bridgehead atoms. The van der Waals surface area contributed by atoms with Crippen molar-refractivity contribution in [3.63, 3.8) is 0 Å². The van der Waals surface area contributed by atoms with Gasteiger partial charge in [0.05, 0.1) is 47.1 Å². The Morgan fingerprint density at radius 2 is 2.03 bits per heavy atom. The molecule has 0 aliphatic carbocycles. The third-order valence-electron chi connectivity index (χ3n) is 4.30. The van der Waals surface area contributed by atoms with Crippen LogP contribution in [0.15, 0.2) is 69.9 Å². The van der Waals surface area contributed by atoms with Crippen LogP contribution >= 0.6 is 15.9 Å². The molecule has 166 valence electrons. The smallest absolute Gasteiger partial charge is 0.278 e. The van der Waals surface area contributed by atoms with E-state index in [1.165, 1.54) is 6.20 Å². The molecule has 3 aromatic rings. The van der Waals surface area contributed by atoms with Gasteiger partial charge in [-0.1, -0.05) is 6.07 Å². The first-order chi connectivity index (χ1) is 15.3. The predicted octanol–water partition coefficient (Wildman–Crippen LogP) is 4.50. The van der Waals surface area contributed by atoms with Crippen molar-refractivity contribution < 1.29 is 13.6 Å². The van der Waals surface area contributed by atoms with E-state index < -0.39 is 23.6 Å². The van der Waals surface area contributed by atoms with Crippen LogP contribution in [0, 0.1) is 0 Å². The van der Waals surface area contributed by atoms with Gasteiger partial charge in [-0.05, 0) is 48.0 Å². The Morgan fingerprint density at radius 1 is 1.25 bits per heavy atom. The average molecular weight is 504 g/mol. The molecule has 3 aromatic heterocycles. The number of imidazole rings is 1. The van der Waals surface area contributed by atoms with Gasteiger partial charge in [-0.25, -0.2) is 18.7 Å². The van der Waals surface area contributed by atoms with Crippen molar-refractivity contribution in [2.24, 2.45) is 10.7 Å². The van der Waals surface area contributed by atoms with E-state index in [-0.39, 0.29) is 11.9 Å². The van der Waals surface area contributed by atoms with E-state index in [0.29, 0.717) is 15.9 Å². The number of nitrogens with one attached hydrogen (secondary N) is 1. The van der Waals surface area contributed by atoms with Crippen molar-refractivity contribution in [3.05, 3.63) is 64.9 Å². The molecule has 3 rings (SSSR count). The molecule has 0 atom stereocenters. The lowest BCUT2D eigenvalue weighted by Gasteiger charge is -2.12. The van der Waals surface area contributed by atoms with Crippen LogP contribution in [-0.2, 0) is 4.79 Å². The lowest BCUT2D eigenvalue weighted by molar-refractivity contribution is -0.112. The zero-order valence-electron chi connectivity index (χ0n) is 17.2. The summed E-state index contributed by atoms with van der Waals surface area (Å²) in [5, 5.41) is 2.51. The summed E-state index contributed by atoms with van der Waals surface area (Å²) in [5.41, 5.74) is 5.79. The van der Waals surface area contributed by atoms with Crippen LogP contribution in [0.5, 0.6) is 0 Å². The summed E-state index contributed by atoms with van der Waals surface area (Å²) in [6, 6.07) is 6.76. The first-order valence-electron chi connectivity index (χ1n) is 9.49. The van der Waals surface area contributed by atoms with E-state index in [9.17, 15) is 13.6 Å². The van der Waals surface area contributed by atoms with E-state index in [4.69, 9.17) is 5.73 Å². The van der Waals surface area contributed by atoms with Crippen molar-refractivity contribution in [2.45, 2.75) is 26.3 Å². The second-order valence-corrected chi connectivity index (χ2v) is 7.85. The highest BCUT2D eigenvalue weighted by atomic mass is 79.9. The molecule has 0 aliphatic heterocycles. The van der Waals surface area contributed by atoms with E-state index in [1.807, 2.05) is 18.4 Å². The van der Waals surface area contributed by atoms with Gasteiger partial charge in [-0.2, -0.15) is 0 Å². The highest BCUT2D eigenvalue weighted by Gasteiger charge is 2.19. The topological polar surface area (TPSA) is 111 Å². The van der Waals surface area contributed by atoms with Gasteiger partial charge in [0.1, 0.15) is 5.82 Å². The van der Waals surface area contributed by atoms with Crippen LogP contribution < -0.4 is 11.1 Å². The first kappa shape index (κ1) is 23.2. The van der Waals surface area contributed by atoms with Gasteiger partial charge in [0.25, 0.3) is 12.3 Å². The highest BCUT2D eigenvalue weighted by molar-refractivity contribution is 9.10. The summed E-state index contributed by atoms with van der Waals surface area (Å²) in [6.45, 7) is 4.00. The number of anilines is 1. The van der Waals surface area contributed by atoms with Crippen molar-refractivity contribution >= 4 is 39.6 Å². The van der Waals surface area contributed by atoms with Gasteiger partial charge in [0.2, 0.25) is 0 Å². The fourth-order valence-electron chi connectivity index (χ4n) is 2.74. The minimum Gasteiger partial charge on any atom is -0.397 e. The summed E-state index contributed by atoms with van der Waals surface area (Å²) in [7, 11) is 0. The maximum atomic E-state index is 13.3.